The van der Waals surface area contributed by atoms with Gasteiger partial charge in [-0.3, -0.25) is 5.10 Å². The molecule has 1 fully saturated rings. The summed E-state index contributed by atoms with van der Waals surface area (Å²) in [6.45, 7) is 6.55. The zero-order chi connectivity index (χ0) is 12.5. The zero-order valence-corrected chi connectivity index (χ0v) is 10.6. The summed E-state index contributed by atoms with van der Waals surface area (Å²) >= 11 is 0. The largest absolute Gasteiger partial charge is 0.370 e. The molecule has 0 bridgehead atoms. The Hall–Kier alpha value is -1.59. The van der Waals surface area contributed by atoms with Gasteiger partial charge < -0.3 is 11.1 Å². The average Bonchev–Trinajstić information content (AvgIpc) is 2.93. The molecule has 0 aromatic carbocycles. The van der Waals surface area contributed by atoms with Crippen LogP contribution < -0.4 is 11.1 Å². The lowest BCUT2D eigenvalue weighted by molar-refractivity contribution is 0.508. The molecule has 6 nitrogen and oxygen atoms in total. The Balaban J connectivity index is 1.89. The maximum absolute atomic E-state index is 5.76. The van der Waals surface area contributed by atoms with Crippen molar-refractivity contribution >= 4 is 5.96 Å². The molecule has 1 aromatic rings. The molecule has 0 spiro atoms. The van der Waals surface area contributed by atoms with Gasteiger partial charge in [0.15, 0.2) is 11.8 Å². The van der Waals surface area contributed by atoms with E-state index >= 15 is 0 Å². The lowest BCUT2D eigenvalue weighted by Crippen LogP contribution is -2.45. The highest BCUT2D eigenvalue weighted by atomic mass is 15.2. The van der Waals surface area contributed by atoms with Crippen LogP contribution in [-0.4, -0.2) is 26.7 Å². The molecule has 4 N–H and O–H groups in total. The van der Waals surface area contributed by atoms with Gasteiger partial charge in [0.05, 0.1) is 0 Å². The summed E-state index contributed by atoms with van der Waals surface area (Å²) in [6, 6.07) is 0. The Kier molecular flexibility index (Phi) is 3.04. The maximum atomic E-state index is 5.76. The first-order valence-electron chi connectivity index (χ1n) is 5.93. The van der Waals surface area contributed by atoms with Gasteiger partial charge in [0.2, 0.25) is 0 Å². The first-order chi connectivity index (χ1) is 7.94. The van der Waals surface area contributed by atoms with Crippen LogP contribution in [0.2, 0.25) is 0 Å². The Morgan fingerprint density at radius 3 is 2.82 bits per heavy atom. The minimum Gasteiger partial charge on any atom is -0.370 e. The van der Waals surface area contributed by atoms with Gasteiger partial charge in [0, 0.05) is 11.5 Å². The van der Waals surface area contributed by atoms with Crippen molar-refractivity contribution in [2.24, 2.45) is 10.7 Å². The summed E-state index contributed by atoms with van der Waals surface area (Å²) < 4.78 is 0. The van der Waals surface area contributed by atoms with Crippen molar-refractivity contribution in [3.8, 4) is 0 Å². The lowest BCUT2D eigenvalue weighted by Gasteiger charge is -2.20. The Bertz CT molecular complexity index is 410. The van der Waals surface area contributed by atoms with E-state index in [0.29, 0.717) is 18.4 Å². The van der Waals surface area contributed by atoms with Crippen LogP contribution in [0.3, 0.4) is 0 Å². The van der Waals surface area contributed by atoms with E-state index < -0.39 is 0 Å². The molecule has 0 radical (unpaired) electrons. The van der Waals surface area contributed by atoms with Crippen molar-refractivity contribution < 1.29 is 0 Å². The molecule has 6 heteroatoms. The molecule has 1 aromatic heterocycles. The number of nitrogens with two attached hydrogens (primary N) is 1. The number of H-pyrrole nitrogens is 1. The summed E-state index contributed by atoms with van der Waals surface area (Å²) in [6.07, 6.45) is 2.41. The monoisotopic (exact) mass is 236 g/mol. The van der Waals surface area contributed by atoms with Gasteiger partial charge in [0.1, 0.15) is 12.4 Å². The van der Waals surface area contributed by atoms with Crippen LogP contribution in [0.5, 0.6) is 0 Å². The van der Waals surface area contributed by atoms with E-state index in [9.17, 15) is 0 Å². The smallest absolute Gasteiger partial charge is 0.189 e. The Morgan fingerprint density at radius 1 is 1.53 bits per heavy atom. The van der Waals surface area contributed by atoms with Crippen LogP contribution in [0.4, 0.5) is 0 Å². The number of nitrogens with one attached hydrogen (secondary N) is 2. The molecule has 17 heavy (non-hydrogen) atoms. The van der Waals surface area contributed by atoms with E-state index in [1.165, 1.54) is 12.8 Å². The lowest BCUT2D eigenvalue weighted by atomic mass is 10.1. The van der Waals surface area contributed by atoms with Crippen molar-refractivity contribution in [3.63, 3.8) is 0 Å². The summed E-state index contributed by atoms with van der Waals surface area (Å²) in [5.74, 6) is 2.68. The van der Waals surface area contributed by atoms with Gasteiger partial charge >= 0.3 is 0 Å². The van der Waals surface area contributed by atoms with Gasteiger partial charge in [0.25, 0.3) is 0 Å². The number of rotatable bonds is 3. The van der Waals surface area contributed by atoms with Gasteiger partial charge in [-0.2, -0.15) is 5.10 Å². The van der Waals surface area contributed by atoms with Crippen LogP contribution >= 0.6 is 0 Å². The highest BCUT2D eigenvalue weighted by Gasteiger charge is 2.27. The van der Waals surface area contributed by atoms with E-state index in [1.54, 1.807) is 0 Å². The fourth-order valence-corrected chi connectivity index (χ4v) is 1.49. The third-order valence-corrected chi connectivity index (χ3v) is 2.39. The number of nitrogens with zero attached hydrogens (tertiary/aromatic N) is 3. The fourth-order valence-electron chi connectivity index (χ4n) is 1.49. The van der Waals surface area contributed by atoms with Crippen molar-refractivity contribution in [1.82, 2.24) is 20.5 Å². The number of aromatic nitrogens is 3. The molecule has 1 aliphatic carbocycles. The number of hydrogen-bond donors (Lipinski definition) is 3. The molecule has 0 atom stereocenters. The van der Waals surface area contributed by atoms with E-state index in [-0.39, 0.29) is 5.54 Å². The molecule has 94 valence electrons. The molecular weight excluding hydrogens is 216 g/mol. The quantitative estimate of drug-likeness (QED) is 0.536. The van der Waals surface area contributed by atoms with Crippen LogP contribution in [-0.2, 0) is 6.54 Å². The van der Waals surface area contributed by atoms with Crippen molar-refractivity contribution in [2.45, 2.75) is 51.6 Å². The molecule has 2 rings (SSSR count). The fraction of sp³-hybridized carbons (Fsp3) is 0.727. The molecule has 0 aliphatic heterocycles. The van der Waals surface area contributed by atoms with Crippen molar-refractivity contribution in [2.75, 3.05) is 0 Å². The molecule has 1 heterocycles. The maximum Gasteiger partial charge on any atom is 0.189 e. The molecule has 0 unspecified atom stereocenters. The summed E-state index contributed by atoms with van der Waals surface area (Å²) in [5, 5.41) is 10.2. The van der Waals surface area contributed by atoms with Gasteiger partial charge in [-0.25, -0.2) is 9.98 Å². The number of aromatic amines is 1. The summed E-state index contributed by atoms with van der Waals surface area (Å²) in [7, 11) is 0. The van der Waals surface area contributed by atoms with Gasteiger partial charge in [-0.15, -0.1) is 0 Å². The van der Waals surface area contributed by atoms with Crippen LogP contribution in [0.25, 0.3) is 0 Å². The van der Waals surface area contributed by atoms with Crippen LogP contribution in [0, 0.1) is 0 Å². The van der Waals surface area contributed by atoms with Crippen molar-refractivity contribution in [1.29, 1.82) is 0 Å². The van der Waals surface area contributed by atoms with E-state index in [1.807, 2.05) is 20.8 Å². The average molecular weight is 236 g/mol. The summed E-state index contributed by atoms with van der Waals surface area (Å²) in [4.78, 5) is 8.61. The topological polar surface area (TPSA) is 92.0 Å². The highest BCUT2D eigenvalue weighted by Crippen LogP contribution is 2.37. The predicted octanol–water partition coefficient (Wildman–Crippen LogP) is 0.885. The SMILES string of the molecule is CC(C)(C)NC(N)=NCc1nc(C2CC2)n[nH]1. The van der Waals surface area contributed by atoms with Crippen LogP contribution in [0.15, 0.2) is 4.99 Å². The minimum absolute atomic E-state index is 0.0752. The van der Waals surface area contributed by atoms with E-state index in [2.05, 4.69) is 25.5 Å². The van der Waals surface area contributed by atoms with Gasteiger partial charge in [-0.05, 0) is 33.6 Å². The molecule has 1 saturated carbocycles. The Labute approximate surface area is 101 Å². The normalized spacial score (nSPS) is 17.2. The minimum atomic E-state index is -0.0752. The standard InChI is InChI=1S/C11H20N6/c1-11(2,3)15-10(12)13-6-8-14-9(17-16-8)7-4-5-7/h7H,4-6H2,1-3H3,(H3,12,13,15)(H,14,16,17). The summed E-state index contributed by atoms with van der Waals surface area (Å²) in [5.41, 5.74) is 5.69. The van der Waals surface area contributed by atoms with Gasteiger partial charge in [-0.1, -0.05) is 0 Å². The number of guanidine groups is 1. The first kappa shape index (κ1) is 11.9. The number of aliphatic imine (C=N–C) groups is 1. The third-order valence-electron chi connectivity index (χ3n) is 2.39. The van der Waals surface area contributed by atoms with Crippen molar-refractivity contribution in [3.05, 3.63) is 11.6 Å². The molecule has 0 amide bonds. The van der Waals surface area contributed by atoms with E-state index in [4.69, 9.17) is 5.73 Å². The molecular formula is C11H20N6. The zero-order valence-electron chi connectivity index (χ0n) is 10.6. The first-order valence-corrected chi connectivity index (χ1v) is 5.93. The predicted molar refractivity (Wildman–Crippen MR) is 66.6 cm³/mol. The van der Waals surface area contributed by atoms with E-state index in [0.717, 1.165) is 11.6 Å². The Morgan fingerprint density at radius 2 is 2.24 bits per heavy atom. The highest BCUT2D eigenvalue weighted by molar-refractivity contribution is 5.78. The van der Waals surface area contributed by atoms with Crippen LogP contribution in [0.1, 0.15) is 51.2 Å². The second-order valence-corrected chi connectivity index (χ2v) is 5.49. The third kappa shape index (κ3) is 3.72. The molecule has 0 saturated heterocycles. The number of hydrogen-bond acceptors (Lipinski definition) is 3. The second-order valence-electron chi connectivity index (χ2n) is 5.49. The molecule has 1 aliphatic rings. The second kappa shape index (κ2) is 4.35.